The Morgan fingerprint density at radius 1 is 1.24 bits per heavy atom. The predicted molar refractivity (Wildman–Crippen MR) is 82.1 cm³/mol. The van der Waals surface area contributed by atoms with Crippen LogP contribution in [0, 0.1) is 0 Å². The summed E-state index contributed by atoms with van der Waals surface area (Å²) in [6.45, 7) is 3.73. The topological polar surface area (TPSA) is 67.4 Å². The summed E-state index contributed by atoms with van der Waals surface area (Å²) in [6, 6.07) is 6.61. The molecule has 0 fully saturated rings. The quantitative estimate of drug-likeness (QED) is 0.810. The maximum absolute atomic E-state index is 12.0. The molecule has 0 saturated heterocycles. The highest BCUT2D eigenvalue weighted by Crippen LogP contribution is 2.19. The summed E-state index contributed by atoms with van der Waals surface area (Å²) in [5.74, 6) is -0.332. The van der Waals surface area contributed by atoms with Gasteiger partial charge in [0.25, 0.3) is 0 Å². The van der Waals surface area contributed by atoms with E-state index in [2.05, 4.69) is 10.6 Å². The van der Waals surface area contributed by atoms with E-state index in [1.54, 1.807) is 31.4 Å². The van der Waals surface area contributed by atoms with Crippen molar-refractivity contribution in [2.24, 2.45) is 0 Å². The number of hydrogen-bond acceptors (Lipinski definition) is 3. The van der Waals surface area contributed by atoms with Crippen molar-refractivity contribution in [2.75, 3.05) is 13.7 Å². The summed E-state index contributed by atoms with van der Waals surface area (Å²) in [6.07, 6.45) is 0.162. The Morgan fingerprint density at radius 2 is 1.86 bits per heavy atom. The van der Waals surface area contributed by atoms with Gasteiger partial charge >= 0.3 is 0 Å². The maximum Gasteiger partial charge on any atom is 0.222 e. The van der Waals surface area contributed by atoms with Gasteiger partial charge in [-0.15, -0.1) is 0 Å². The van der Waals surface area contributed by atoms with Gasteiger partial charge in [-0.2, -0.15) is 0 Å². The predicted octanol–water partition coefficient (Wildman–Crippen LogP) is 2.06. The Balaban J connectivity index is 2.72. The van der Waals surface area contributed by atoms with Gasteiger partial charge in [-0.25, -0.2) is 0 Å². The van der Waals surface area contributed by atoms with Crippen LogP contribution in [0.2, 0.25) is 5.02 Å². The van der Waals surface area contributed by atoms with E-state index in [4.69, 9.17) is 16.3 Å². The van der Waals surface area contributed by atoms with Gasteiger partial charge in [-0.3, -0.25) is 9.59 Å². The number of carbonyl (C=O) groups excluding carboxylic acids is 2. The minimum atomic E-state index is -0.380. The molecule has 6 heteroatoms. The molecule has 1 aromatic carbocycles. The number of ether oxygens (including phenoxy) is 1. The first-order chi connectivity index (χ1) is 9.92. The van der Waals surface area contributed by atoms with E-state index in [1.165, 1.54) is 6.92 Å². The van der Waals surface area contributed by atoms with Gasteiger partial charge in [-0.05, 0) is 24.6 Å². The fourth-order valence-corrected chi connectivity index (χ4v) is 2.13. The van der Waals surface area contributed by atoms with E-state index in [9.17, 15) is 9.59 Å². The largest absolute Gasteiger partial charge is 0.383 e. The van der Waals surface area contributed by atoms with E-state index >= 15 is 0 Å². The van der Waals surface area contributed by atoms with Crippen LogP contribution in [0.3, 0.4) is 0 Å². The van der Waals surface area contributed by atoms with Crippen molar-refractivity contribution in [1.82, 2.24) is 10.6 Å². The Bertz CT molecular complexity index is 476. The van der Waals surface area contributed by atoms with Crippen LogP contribution >= 0.6 is 11.6 Å². The third-order valence-electron chi connectivity index (χ3n) is 2.86. The van der Waals surface area contributed by atoms with Crippen LogP contribution in [0.5, 0.6) is 0 Å². The zero-order valence-electron chi connectivity index (χ0n) is 12.5. The number of carbonyl (C=O) groups is 2. The van der Waals surface area contributed by atoms with E-state index in [1.807, 2.05) is 6.92 Å². The minimum Gasteiger partial charge on any atom is -0.383 e. The van der Waals surface area contributed by atoms with Gasteiger partial charge in [0, 0.05) is 25.1 Å². The SMILES string of the molecule is COC[C@H](C)NC(=O)C[C@@H](NC(C)=O)c1ccc(Cl)cc1. The first-order valence-electron chi connectivity index (χ1n) is 6.73. The van der Waals surface area contributed by atoms with E-state index in [0.29, 0.717) is 11.6 Å². The molecule has 0 heterocycles. The second kappa shape index (κ2) is 8.64. The van der Waals surface area contributed by atoms with Gasteiger partial charge in [0.2, 0.25) is 11.8 Å². The van der Waals surface area contributed by atoms with Crippen molar-refractivity contribution in [3.8, 4) is 0 Å². The molecule has 0 saturated carbocycles. The molecule has 116 valence electrons. The number of methoxy groups -OCH3 is 1. The molecule has 0 bridgehead atoms. The molecular weight excluding hydrogens is 292 g/mol. The van der Waals surface area contributed by atoms with Gasteiger partial charge < -0.3 is 15.4 Å². The van der Waals surface area contributed by atoms with Gasteiger partial charge in [0.1, 0.15) is 0 Å². The lowest BCUT2D eigenvalue weighted by molar-refractivity contribution is -0.123. The Kier molecular flexibility index (Phi) is 7.19. The molecule has 0 aliphatic carbocycles. The van der Waals surface area contributed by atoms with Crippen LogP contribution in [-0.4, -0.2) is 31.6 Å². The molecule has 0 aromatic heterocycles. The molecule has 2 atom stereocenters. The fraction of sp³-hybridized carbons (Fsp3) is 0.467. The summed E-state index contributed by atoms with van der Waals surface area (Å²) in [4.78, 5) is 23.3. The highest BCUT2D eigenvalue weighted by molar-refractivity contribution is 6.30. The summed E-state index contributed by atoms with van der Waals surface area (Å²) in [5.41, 5.74) is 0.837. The van der Waals surface area contributed by atoms with Crippen molar-refractivity contribution in [2.45, 2.75) is 32.4 Å². The molecule has 0 unspecified atom stereocenters. The fourth-order valence-electron chi connectivity index (χ4n) is 2.00. The summed E-state index contributed by atoms with van der Waals surface area (Å²) in [5, 5.41) is 6.21. The number of benzene rings is 1. The van der Waals surface area contributed by atoms with E-state index in [-0.39, 0.29) is 30.3 Å². The molecule has 0 aliphatic heterocycles. The normalized spacial score (nSPS) is 13.3. The second-order valence-corrected chi connectivity index (χ2v) is 5.37. The van der Waals surface area contributed by atoms with Crippen LogP contribution in [0.15, 0.2) is 24.3 Å². The number of rotatable bonds is 7. The van der Waals surface area contributed by atoms with Crippen molar-refractivity contribution >= 4 is 23.4 Å². The molecule has 0 aliphatic rings. The average molecular weight is 313 g/mol. The third-order valence-corrected chi connectivity index (χ3v) is 3.12. The molecular formula is C15H21ClN2O3. The molecule has 1 rings (SSSR count). The van der Waals surface area contributed by atoms with E-state index in [0.717, 1.165) is 5.56 Å². The first-order valence-corrected chi connectivity index (χ1v) is 7.11. The van der Waals surface area contributed by atoms with Crippen molar-refractivity contribution in [3.05, 3.63) is 34.9 Å². The minimum absolute atomic E-state index is 0.0781. The smallest absolute Gasteiger partial charge is 0.222 e. The lowest BCUT2D eigenvalue weighted by Crippen LogP contribution is -2.38. The van der Waals surface area contributed by atoms with Gasteiger partial charge in [0.15, 0.2) is 0 Å². The number of hydrogen-bond donors (Lipinski definition) is 2. The van der Waals surface area contributed by atoms with Gasteiger partial charge in [0.05, 0.1) is 19.1 Å². The van der Waals surface area contributed by atoms with E-state index < -0.39 is 0 Å². The third kappa shape index (κ3) is 6.60. The molecule has 21 heavy (non-hydrogen) atoms. The zero-order chi connectivity index (χ0) is 15.8. The molecule has 1 aromatic rings. The summed E-state index contributed by atoms with van der Waals surface area (Å²) < 4.78 is 4.97. The van der Waals surface area contributed by atoms with Crippen LogP contribution in [-0.2, 0) is 14.3 Å². The molecule has 2 N–H and O–H groups in total. The van der Waals surface area contributed by atoms with Crippen LogP contribution in [0.25, 0.3) is 0 Å². The highest BCUT2D eigenvalue weighted by atomic mass is 35.5. The van der Waals surface area contributed by atoms with Crippen molar-refractivity contribution in [1.29, 1.82) is 0 Å². The molecule has 5 nitrogen and oxygen atoms in total. The summed E-state index contributed by atoms with van der Waals surface area (Å²) in [7, 11) is 1.58. The van der Waals surface area contributed by atoms with Crippen LogP contribution in [0.1, 0.15) is 31.9 Å². The Morgan fingerprint density at radius 3 is 2.38 bits per heavy atom. The number of amides is 2. The standard InChI is InChI=1S/C15H21ClN2O3/c1-10(9-21-3)17-15(20)8-14(18-11(2)19)12-4-6-13(16)7-5-12/h4-7,10,14H,8-9H2,1-3H3,(H,17,20)(H,18,19)/t10-,14+/m0/s1. The summed E-state index contributed by atoms with van der Waals surface area (Å²) >= 11 is 5.85. The highest BCUT2D eigenvalue weighted by Gasteiger charge is 2.18. The molecule has 0 spiro atoms. The first kappa shape index (κ1) is 17.5. The lowest BCUT2D eigenvalue weighted by atomic mass is 10.0. The zero-order valence-corrected chi connectivity index (χ0v) is 13.2. The van der Waals surface area contributed by atoms with Crippen molar-refractivity contribution < 1.29 is 14.3 Å². The number of nitrogens with one attached hydrogen (secondary N) is 2. The van der Waals surface area contributed by atoms with Gasteiger partial charge in [-0.1, -0.05) is 23.7 Å². The maximum atomic E-state index is 12.0. The molecule has 2 amide bonds. The second-order valence-electron chi connectivity index (χ2n) is 4.93. The van der Waals surface area contributed by atoms with Crippen LogP contribution < -0.4 is 10.6 Å². The van der Waals surface area contributed by atoms with Crippen LogP contribution in [0.4, 0.5) is 0 Å². The Hall–Kier alpha value is -1.59. The average Bonchev–Trinajstić information content (AvgIpc) is 2.38. The Labute approximate surface area is 130 Å². The molecule has 0 radical (unpaired) electrons. The number of halogens is 1. The lowest BCUT2D eigenvalue weighted by Gasteiger charge is -2.20. The van der Waals surface area contributed by atoms with Crippen molar-refractivity contribution in [3.63, 3.8) is 0 Å². The monoisotopic (exact) mass is 312 g/mol.